The molecule has 0 aliphatic carbocycles. The number of imidazole rings is 1. The van der Waals surface area contributed by atoms with Crippen LogP contribution in [-0.4, -0.2) is 16.7 Å². The second kappa shape index (κ2) is 6.73. The molecule has 1 aromatic carbocycles. The summed E-state index contributed by atoms with van der Waals surface area (Å²) in [5, 5.41) is 0.453. The van der Waals surface area contributed by atoms with Crippen LogP contribution in [0.4, 0.5) is 8.78 Å². The molecule has 0 amide bonds. The smallest absolute Gasteiger partial charge is 0.320 e. The predicted molar refractivity (Wildman–Crippen MR) is 73.7 cm³/mol. The number of methoxy groups -OCH3 is 1. The first kappa shape index (κ1) is 15.5. The number of ether oxygens (including phenoxy) is 2. The highest BCUT2D eigenvalue weighted by Crippen LogP contribution is 2.35. The van der Waals surface area contributed by atoms with E-state index in [1.165, 1.54) is 19.5 Å². The molecule has 2 aromatic rings. The van der Waals surface area contributed by atoms with Crippen LogP contribution in [0.15, 0.2) is 24.5 Å². The highest BCUT2D eigenvalue weighted by atomic mass is 35.5. The number of alkyl halides is 2. The van der Waals surface area contributed by atoms with Crippen LogP contribution in [0.1, 0.15) is 17.9 Å². The second-order valence-electron chi connectivity index (χ2n) is 4.12. The van der Waals surface area contributed by atoms with Gasteiger partial charge in [-0.15, -0.1) is 0 Å². The van der Waals surface area contributed by atoms with Gasteiger partial charge in [0.15, 0.2) is 17.3 Å². The summed E-state index contributed by atoms with van der Waals surface area (Å²) < 4.78 is 36.9. The molecule has 8 heteroatoms. The minimum absolute atomic E-state index is 0.102. The lowest BCUT2D eigenvalue weighted by atomic mass is 10.2. The molecule has 5 nitrogen and oxygen atoms in total. The van der Waals surface area contributed by atoms with E-state index in [0.717, 1.165) is 4.57 Å². The Bertz CT molecular complexity index is 594. The fraction of sp³-hybridized carbons (Fsp3) is 0.308. The van der Waals surface area contributed by atoms with Crippen LogP contribution in [-0.2, 0) is 13.2 Å². The van der Waals surface area contributed by atoms with Crippen LogP contribution >= 0.6 is 11.6 Å². The van der Waals surface area contributed by atoms with Gasteiger partial charge in [-0.3, -0.25) is 4.57 Å². The van der Waals surface area contributed by atoms with E-state index in [2.05, 4.69) is 4.98 Å². The van der Waals surface area contributed by atoms with E-state index < -0.39 is 6.55 Å². The summed E-state index contributed by atoms with van der Waals surface area (Å²) in [6.07, 6.45) is 2.47. The Hall–Kier alpha value is -1.86. The van der Waals surface area contributed by atoms with Crippen LogP contribution < -0.4 is 15.2 Å². The molecule has 0 radical (unpaired) electrons. The van der Waals surface area contributed by atoms with Crippen LogP contribution in [0, 0.1) is 0 Å². The number of hydrogen-bond acceptors (Lipinski definition) is 4. The van der Waals surface area contributed by atoms with Gasteiger partial charge in [0.1, 0.15) is 6.61 Å². The number of aromatic nitrogens is 2. The van der Waals surface area contributed by atoms with Crippen molar-refractivity contribution in [3.8, 4) is 11.5 Å². The van der Waals surface area contributed by atoms with E-state index in [4.69, 9.17) is 26.8 Å². The quantitative estimate of drug-likeness (QED) is 0.889. The van der Waals surface area contributed by atoms with Crippen molar-refractivity contribution in [1.82, 2.24) is 9.55 Å². The lowest BCUT2D eigenvalue weighted by Gasteiger charge is -2.15. The largest absolute Gasteiger partial charge is 0.493 e. The van der Waals surface area contributed by atoms with Gasteiger partial charge in [0.25, 0.3) is 0 Å². The van der Waals surface area contributed by atoms with Crippen LogP contribution in [0.25, 0.3) is 0 Å². The highest BCUT2D eigenvalue weighted by molar-refractivity contribution is 6.30. The van der Waals surface area contributed by atoms with Gasteiger partial charge in [-0.25, -0.2) is 4.98 Å². The van der Waals surface area contributed by atoms with Gasteiger partial charge in [0.05, 0.1) is 7.11 Å². The molecule has 0 saturated carbocycles. The van der Waals surface area contributed by atoms with Crippen LogP contribution in [0.5, 0.6) is 11.5 Å². The molecule has 0 unspecified atom stereocenters. The summed E-state index contributed by atoms with van der Waals surface area (Å²) in [5.41, 5.74) is 6.26. The van der Waals surface area contributed by atoms with Crippen molar-refractivity contribution in [2.24, 2.45) is 5.73 Å². The lowest BCUT2D eigenvalue weighted by Crippen LogP contribution is -2.09. The van der Waals surface area contributed by atoms with Gasteiger partial charge in [-0.1, -0.05) is 11.6 Å². The number of benzene rings is 1. The molecule has 0 saturated heterocycles. The molecule has 1 aromatic heterocycles. The summed E-state index contributed by atoms with van der Waals surface area (Å²) in [5.74, 6) is 0.858. The van der Waals surface area contributed by atoms with Gasteiger partial charge in [-0.2, -0.15) is 8.78 Å². The van der Waals surface area contributed by atoms with E-state index in [9.17, 15) is 8.78 Å². The number of hydrogen-bond donors (Lipinski definition) is 1. The SMILES string of the molecule is COc1cc(Cl)cc(CN)c1OCc1nccn1C(F)F. The maximum atomic E-state index is 12.7. The zero-order chi connectivity index (χ0) is 15.4. The van der Waals surface area contributed by atoms with Crippen molar-refractivity contribution < 1.29 is 18.3 Å². The third-order valence-corrected chi connectivity index (χ3v) is 3.06. The highest BCUT2D eigenvalue weighted by Gasteiger charge is 2.15. The maximum Gasteiger partial charge on any atom is 0.320 e. The Balaban J connectivity index is 2.25. The molecule has 1 heterocycles. The molecule has 0 fully saturated rings. The van der Waals surface area contributed by atoms with Crippen molar-refractivity contribution in [3.05, 3.63) is 40.9 Å². The average molecular weight is 318 g/mol. The Labute approximate surface area is 125 Å². The number of halogens is 3. The first-order valence-electron chi connectivity index (χ1n) is 6.06. The van der Waals surface area contributed by atoms with Gasteiger partial charge < -0.3 is 15.2 Å². The monoisotopic (exact) mass is 317 g/mol. The van der Waals surface area contributed by atoms with Crippen LogP contribution in [0.3, 0.4) is 0 Å². The van der Waals surface area contributed by atoms with Crippen molar-refractivity contribution >= 4 is 11.6 Å². The van der Waals surface area contributed by atoms with E-state index in [0.29, 0.717) is 22.1 Å². The zero-order valence-electron chi connectivity index (χ0n) is 11.2. The third kappa shape index (κ3) is 3.43. The third-order valence-electron chi connectivity index (χ3n) is 2.84. The van der Waals surface area contributed by atoms with E-state index in [1.807, 2.05) is 0 Å². The molecule has 0 aliphatic heterocycles. The fourth-order valence-electron chi connectivity index (χ4n) is 1.86. The molecule has 0 atom stereocenters. The number of rotatable bonds is 6. The van der Waals surface area contributed by atoms with Crippen molar-refractivity contribution in [2.75, 3.05) is 7.11 Å². The minimum Gasteiger partial charge on any atom is -0.493 e. The van der Waals surface area contributed by atoms with Crippen molar-refractivity contribution in [3.63, 3.8) is 0 Å². The normalized spacial score (nSPS) is 11.0. The minimum atomic E-state index is -2.67. The molecule has 2 rings (SSSR count). The molecule has 2 N–H and O–H groups in total. The fourth-order valence-corrected chi connectivity index (χ4v) is 2.09. The van der Waals surface area contributed by atoms with Crippen molar-refractivity contribution in [1.29, 1.82) is 0 Å². The number of nitrogens with zero attached hydrogens (tertiary/aromatic N) is 2. The summed E-state index contributed by atoms with van der Waals surface area (Å²) in [4.78, 5) is 3.84. The zero-order valence-corrected chi connectivity index (χ0v) is 12.0. The summed E-state index contributed by atoms with van der Waals surface area (Å²) >= 11 is 5.94. The summed E-state index contributed by atoms with van der Waals surface area (Å²) in [6.45, 7) is -2.63. The Kier molecular flexibility index (Phi) is 4.98. The van der Waals surface area contributed by atoms with Gasteiger partial charge in [0.2, 0.25) is 0 Å². The molecule has 0 bridgehead atoms. The van der Waals surface area contributed by atoms with Crippen molar-refractivity contribution in [2.45, 2.75) is 19.7 Å². The number of nitrogens with two attached hydrogens (primary N) is 1. The first-order valence-corrected chi connectivity index (χ1v) is 6.43. The summed E-state index contributed by atoms with van der Waals surface area (Å²) in [6, 6.07) is 3.20. The summed E-state index contributed by atoms with van der Waals surface area (Å²) in [7, 11) is 1.46. The topological polar surface area (TPSA) is 62.3 Å². The van der Waals surface area contributed by atoms with Gasteiger partial charge in [-0.05, 0) is 6.07 Å². The Morgan fingerprint density at radius 3 is 2.81 bits per heavy atom. The first-order chi connectivity index (χ1) is 10.1. The maximum absolute atomic E-state index is 12.7. The molecule has 21 heavy (non-hydrogen) atoms. The molecular weight excluding hydrogens is 304 g/mol. The molecule has 114 valence electrons. The van der Waals surface area contributed by atoms with Gasteiger partial charge >= 0.3 is 6.55 Å². The molecule has 0 spiro atoms. The molecule has 0 aliphatic rings. The average Bonchev–Trinajstić information content (AvgIpc) is 2.93. The van der Waals surface area contributed by atoms with E-state index in [1.54, 1.807) is 12.1 Å². The predicted octanol–water partition coefficient (Wildman–Crippen LogP) is 2.98. The van der Waals surface area contributed by atoms with Crippen LogP contribution in [0.2, 0.25) is 5.02 Å². The van der Waals surface area contributed by atoms with E-state index in [-0.39, 0.29) is 19.0 Å². The lowest BCUT2D eigenvalue weighted by molar-refractivity contribution is 0.0631. The second-order valence-corrected chi connectivity index (χ2v) is 4.55. The molecular formula is C13H14ClF2N3O2. The van der Waals surface area contributed by atoms with E-state index >= 15 is 0 Å². The standard InChI is InChI=1S/C13H14ClF2N3O2/c1-20-10-5-9(14)4-8(6-17)12(10)21-7-11-18-2-3-19(11)13(15)16/h2-5,13H,6-7,17H2,1H3. The van der Waals surface area contributed by atoms with Gasteiger partial charge in [0, 0.05) is 35.6 Å². The Morgan fingerprint density at radius 1 is 1.43 bits per heavy atom. The Morgan fingerprint density at radius 2 is 2.19 bits per heavy atom.